The summed E-state index contributed by atoms with van der Waals surface area (Å²) < 4.78 is 7.50. The van der Waals surface area contributed by atoms with Gasteiger partial charge in [-0.05, 0) is 93.0 Å². The van der Waals surface area contributed by atoms with E-state index in [0.717, 1.165) is 33.8 Å². The van der Waals surface area contributed by atoms with Gasteiger partial charge < -0.3 is 9.30 Å². The number of aromatic nitrogens is 1. The highest BCUT2D eigenvalue weighted by Crippen LogP contribution is 2.32. The van der Waals surface area contributed by atoms with Gasteiger partial charge in [0, 0.05) is 16.4 Å². The standard InChI is InChI=1S/C26H24ClN3O3S/c1-14-7-6-8-21(16(14)3)30-25(32)20(24(31)28-26(30)34)12-18-11-15(2)29(17(18)4)22-13-19(27)9-10-23(22)33-5/h6-13H,1-5H3,(H,28,31,34)/b20-12+. The van der Waals surface area contributed by atoms with Gasteiger partial charge in [0.15, 0.2) is 5.11 Å². The average Bonchev–Trinajstić information content (AvgIpc) is 3.06. The molecule has 0 bridgehead atoms. The molecular formula is C26H24ClN3O3S. The molecule has 1 aliphatic heterocycles. The number of halogens is 1. The van der Waals surface area contributed by atoms with Gasteiger partial charge in [-0.1, -0.05) is 23.7 Å². The topological polar surface area (TPSA) is 63.6 Å². The predicted octanol–water partition coefficient (Wildman–Crippen LogP) is 5.20. The molecule has 1 saturated heterocycles. The van der Waals surface area contributed by atoms with Crippen LogP contribution in [0.25, 0.3) is 11.8 Å². The summed E-state index contributed by atoms with van der Waals surface area (Å²) in [5.41, 5.74) is 5.82. The molecule has 174 valence electrons. The molecule has 6 nitrogen and oxygen atoms in total. The highest BCUT2D eigenvalue weighted by molar-refractivity contribution is 7.80. The maximum absolute atomic E-state index is 13.5. The molecule has 0 radical (unpaired) electrons. The minimum Gasteiger partial charge on any atom is -0.495 e. The van der Waals surface area contributed by atoms with Gasteiger partial charge in [-0.3, -0.25) is 19.8 Å². The molecule has 1 N–H and O–H groups in total. The summed E-state index contributed by atoms with van der Waals surface area (Å²) in [6.45, 7) is 7.74. The second-order valence-electron chi connectivity index (χ2n) is 8.15. The second-order valence-corrected chi connectivity index (χ2v) is 8.98. The first-order valence-corrected chi connectivity index (χ1v) is 11.4. The maximum Gasteiger partial charge on any atom is 0.270 e. The van der Waals surface area contributed by atoms with Crippen LogP contribution in [-0.2, 0) is 9.59 Å². The van der Waals surface area contributed by atoms with Crippen LogP contribution in [0.5, 0.6) is 5.75 Å². The first-order valence-electron chi connectivity index (χ1n) is 10.6. The molecule has 2 amide bonds. The van der Waals surface area contributed by atoms with Gasteiger partial charge >= 0.3 is 0 Å². The Labute approximate surface area is 208 Å². The van der Waals surface area contributed by atoms with Gasteiger partial charge in [-0.15, -0.1) is 0 Å². The third-order valence-corrected chi connectivity index (χ3v) is 6.59. The largest absolute Gasteiger partial charge is 0.495 e. The highest BCUT2D eigenvalue weighted by atomic mass is 35.5. The molecule has 1 aromatic heterocycles. The van der Waals surface area contributed by atoms with E-state index in [1.807, 2.05) is 62.6 Å². The van der Waals surface area contributed by atoms with Crippen molar-refractivity contribution in [2.24, 2.45) is 0 Å². The van der Waals surface area contributed by atoms with Crippen LogP contribution in [0.2, 0.25) is 5.02 Å². The highest BCUT2D eigenvalue weighted by Gasteiger charge is 2.35. The Kier molecular flexibility index (Phi) is 6.34. The summed E-state index contributed by atoms with van der Waals surface area (Å²) in [5, 5.41) is 3.30. The lowest BCUT2D eigenvalue weighted by Crippen LogP contribution is -2.54. The Balaban J connectivity index is 1.82. The summed E-state index contributed by atoms with van der Waals surface area (Å²) in [7, 11) is 1.60. The van der Waals surface area contributed by atoms with Crippen molar-refractivity contribution < 1.29 is 14.3 Å². The van der Waals surface area contributed by atoms with E-state index in [1.54, 1.807) is 25.3 Å². The number of aryl methyl sites for hydroxylation is 2. The van der Waals surface area contributed by atoms with E-state index < -0.39 is 11.8 Å². The van der Waals surface area contributed by atoms with Gasteiger partial charge in [-0.2, -0.15) is 0 Å². The first kappa shape index (κ1) is 23.7. The zero-order valence-corrected chi connectivity index (χ0v) is 21.1. The van der Waals surface area contributed by atoms with Crippen LogP contribution < -0.4 is 15.0 Å². The quantitative estimate of drug-likeness (QED) is 0.308. The van der Waals surface area contributed by atoms with E-state index in [0.29, 0.717) is 16.5 Å². The number of ether oxygens (including phenoxy) is 1. The Morgan fingerprint density at radius 1 is 1.03 bits per heavy atom. The zero-order valence-electron chi connectivity index (χ0n) is 19.5. The average molecular weight is 494 g/mol. The third-order valence-electron chi connectivity index (χ3n) is 6.07. The summed E-state index contributed by atoms with van der Waals surface area (Å²) in [4.78, 5) is 27.7. The molecule has 0 aliphatic carbocycles. The molecule has 2 aromatic carbocycles. The molecule has 34 heavy (non-hydrogen) atoms. The second kappa shape index (κ2) is 9.08. The van der Waals surface area contributed by atoms with Crippen molar-refractivity contribution in [3.05, 3.63) is 81.1 Å². The minimum atomic E-state index is -0.526. The Hall–Kier alpha value is -3.42. The van der Waals surface area contributed by atoms with Crippen LogP contribution in [0.1, 0.15) is 28.1 Å². The van der Waals surface area contributed by atoms with Crippen molar-refractivity contribution in [3.63, 3.8) is 0 Å². The van der Waals surface area contributed by atoms with E-state index in [4.69, 9.17) is 28.6 Å². The molecular weight excluding hydrogens is 470 g/mol. The van der Waals surface area contributed by atoms with Crippen molar-refractivity contribution >= 4 is 52.5 Å². The van der Waals surface area contributed by atoms with E-state index in [1.165, 1.54) is 4.90 Å². The minimum absolute atomic E-state index is 0.00724. The number of carbonyl (C=O) groups excluding carboxylic acids is 2. The molecule has 2 heterocycles. The van der Waals surface area contributed by atoms with Crippen molar-refractivity contribution in [2.75, 3.05) is 12.0 Å². The Morgan fingerprint density at radius 2 is 1.76 bits per heavy atom. The summed E-state index contributed by atoms with van der Waals surface area (Å²) in [6, 6.07) is 12.9. The van der Waals surface area contributed by atoms with E-state index in [9.17, 15) is 9.59 Å². The number of thiocarbonyl (C=S) groups is 1. The van der Waals surface area contributed by atoms with Gasteiger partial charge in [0.25, 0.3) is 11.8 Å². The maximum atomic E-state index is 13.5. The van der Waals surface area contributed by atoms with Crippen molar-refractivity contribution in [3.8, 4) is 11.4 Å². The molecule has 0 unspecified atom stereocenters. The SMILES string of the molecule is COc1ccc(Cl)cc1-n1c(C)cc(/C=C2\C(=O)NC(=S)N(c3cccc(C)c3C)C2=O)c1C. The number of amides is 2. The molecule has 0 spiro atoms. The van der Waals surface area contributed by atoms with Crippen LogP contribution in [0.15, 0.2) is 48.0 Å². The fourth-order valence-electron chi connectivity index (χ4n) is 4.15. The van der Waals surface area contributed by atoms with Gasteiger partial charge in [0.2, 0.25) is 0 Å². The molecule has 8 heteroatoms. The zero-order chi connectivity index (χ0) is 24.7. The van der Waals surface area contributed by atoms with Crippen molar-refractivity contribution in [1.82, 2.24) is 9.88 Å². The monoisotopic (exact) mass is 493 g/mol. The smallest absolute Gasteiger partial charge is 0.270 e. The number of nitrogens with one attached hydrogen (secondary N) is 1. The van der Waals surface area contributed by atoms with E-state index >= 15 is 0 Å². The number of benzene rings is 2. The molecule has 3 aromatic rings. The first-order chi connectivity index (χ1) is 16.1. The van der Waals surface area contributed by atoms with Gasteiger partial charge in [0.1, 0.15) is 11.3 Å². The molecule has 0 atom stereocenters. The van der Waals surface area contributed by atoms with Crippen LogP contribution in [0.3, 0.4) is 0 Å². The summed E-state index contributed by atoms with van der Waals surface area (Å²) >= 11 is 11.6. The predicted molar refractivity (Wildman–Crippen MR) is 139 cm³/mol. The summed E-state index contributed by atoms with van der Waals surface area (Å²) in [5.74, 6) is -0.336. The fraction of sp³-hybridized carbons (Fsp3) is 0.192. The number of hydrogen-bond acceptors (Lipinski definition) is 4. The lowest BCUT2D eigenvalue weighted by molar-refractivity contribution is -0.122. The van der Waals surface area contributed by atoms with Crippen LogP contribution in [-0.4, -0.2) is 28.6 Å². The van der Waals surface area contributed by atoms with Crippen molar-refractivity contribution in [1.29, 1.82) is 0 Å². The van der Waals surface area contributed by atoms with Crippen LogP contribution in [0, 0.1) is 27.7 Å². The molecule has 4 rings (SSSR count). The molecule has 1 aliphatic rings. The number of methoxy groups -OCH3 is 1. The fourth-order valence-corrected chi connectivity index (χ4v) is 4.59. The van der Waals surface area contributed by atoms with Gasteiger partial charge in [0.05, 0.1) is 18.5 Å². The normalized spacial score (nSPS) is 15.2. The third kappa shape index (κ3) is 4.02. The van der Waals surface area contributed by atoms with Crippen molar-refractivity contribution in [2.45, 2.75) is 27.7 Å². The van der Waals surface area contributed by atoms with Crippen LogP contribution >= 0.6 is 23.8 Å². The number of nitrogens with zero attached hydrogens (tertiary/aromatic N) is 2. The summed E-state index contributed by atoms with van der Waals surface area (Å²) in [6.07, 6.45) is 1.60. The van der Waals surface area contributed by atoms with Crippen LogP contribution in [0.4, 0.5) is 5.69 Å². The lowest BCUT2D eigenvalue weighted by Gasteiger charge is -2.30. The molecule has 1 fully saturated rings. The number of anilines is 1. The number of rotatable bonds is 4. The van der Waals surface area contributed by atoms with E-state index in [-0.39, 0.29) is 10.7 Å². The van der Waals surface area contributed by atoms with Gasteiger partial charge in [-0.25, -0.2) is 0 Å². The number of hydrogen-bond donors (Lipinski definition) is 1. The molecule has 0 saturated carbocycles. The number of carbonyl (C=O) groups is 2. The Bertz CT molecular complexity index is 1390. The Morgan fingerprint density at radius 3 is 2.47 bits per heavy atom. The van der Waals surface area contributed by atoms with E-state index in [2.05, 4.69) is 5.32 Å². The lowest BCUT2D eigenvalue weighted by atomic mass is 10.0.